The zero-order valence-electron chi connectivity index (χ0n) is 22.1. The van der Waals surface area contributed by atoms with Crippen molar-refractivity contribution in [2.75, 3.05) is 13.2 Å². The number of hydrogen-bond acceptors (Lipinski definition) is 6. The molecule has 4 atom stereocenters. The van der Waals surface area contributed by atoms with Crippen LogP contribution in [0.4, 0.5) is 4.79 Å². The van der Waals surface area contributed by atoms with Crippen LogP contribution < -0.4 is 5.32 Å². The Morgan fingerprint density at radius 2 is 1.55 bits per heavy atom. The molecule has 9 nitrogen and oxygen atoms in total. The molecule has 3 N–H and O–H groups in total. The highest BCUT2D eigenvalue weighted by Gasteiger charge is 2.43. The lowest BCUT2D eigenvalue weighted by atomic mass is 9.98. The average molecular weight is 545 g/mol. The first kappa shape index (κ1) is 27.4. The van der Waals surface area contributed by atoms with Gasteiger partial charge in [0.05, 0.1) is 18.8 Å². The van der Waals surface area contributed by atoms with Crippen LogP contribution in [0.1, 0.15) is 36.0 Å². The number of ether oxygens (including phenoxy) is 2. The Labute approximate surface area is 232 Å². The van der Waals surface area contributed by atoms with Crippen molar-refractivity contribution in [1.82, 2.24) is 10.2 Å². The number of likely N-dealkylation sites (tertiary alicyclic amines) is 1. The minimum atomic E-state index is -1.23. The number of nitrogens with zero attached hydrogens (tertiary/aromatic N) is 1. The highest BCUT2D eigenvalue weighted by molar-refractivity contribution is 5.90. The number of rotatable bonds is 9. The van der Waals surface area contributed by atoms with Crippen molar-refractivity contribution in [1.29, 1.82) is 0 Å². The van der Waals surface area contributed by atoms with Gasteiger partial charge in [0.1, 0.15) is 18.7 Å². The maximum atomic E-state index is 13.6. The number of carbonyl (C=O) groups excluding carboxylic acids is 2. The Hall–Kier alpha value is -4.21. The van der Waals surface area contributed by atoms with Crippen molar-refractivity contribution >= 4 is 18.0 Å². The number of amides is 2. The van der Waals surface area contributed by atoms with Crippen molar-refractivity contribution < 1.29 is 34.1 Å². The van der Waals surface area contributed by atoms with Crippen molar-refractivity contribution in [2.24, 2.45) is 0 Å². The second kappa shape index (κ2) is 11.9. The Balaban J connectivity index is 1.31. The van der Waals surface area contributed by atoms with Gasteiger partial charge in [-0.25, -0.2) is 9.59 Å². The molecule has 0 aromatic heterocycles. The van der Waals surface area contributed by atoms with Gasteiger partial charge in [0.25, 0.3) is 0 Å². The first-order chi connectivity index (χ1) is 19.3. The third kappa shape index (κ3) is 5.71. The number of aliphatic carboxylic acids is 1. The van der Waals surface area contributed by atoms with Crippen molar-refractivity contribution in [3.63, 3.8) is 0 Å². The number of carboxylic acid groups (broad SMARTS) is 1. The van der Waals surface area contributed by atoms with E-state index < -0.39 is 42.3 Å². The molecule has 2 unspecified atom stereocenters. The molecule has 1 aliphatic carbocycles. The fourth-order valence-electron chi connectivity index (χ4n) is 5.52. The molecule has 0 radical (unpaired) electrons. The molecular formula is C31H32N2O7. The lowest BCUT2D eigenvalue weighted by molar-refractivity contribution is -0.150. The number of nitrogens with one attached hydrogen (secondary N) is 1. The Morgan fingerprint density at radius 3 is 2.17 bits per heavy atom. The summed E-state index contributed by atoms with van der Waals surface area (Å²) < 4.78 is 11.6. The van der Waals surface area contributed by atoms with E-state index >= 15 is 0 Å². The number of alkyl carbamates (subject to hydrolysis) is 1. The van der Waals surface area contributed by atoms with Gasteiger partial charge in [-0.2, -0.15) is 0 Å². The van der Waals surface area contributed by atoms with Gasteiger partial charge >= 0.3 is 12.1 Å². The monoisotopic (exact) mass is 544 g/mol. The molecule has 0 spiro atoms. The number of carbonyl (C=O) groups is 3. The normalized spacial score (nSPS) is 19.4. The van der Waals surface area contributed by atoms with Gasteiger partial charge in [0.15, 0.2) is 0 Å². The second-order valence-corrected chi connectivity index (χ2v) is 10.2. The SMILES string of the molecule is C[C@H](OCc1ccccc1)[C@@H](NC(=O)OCC1c2ccccc2-c2ccccc21)C(=O)N1CC(O)CC1C(=O)O. The molecule has 0 bridgehead atoms. The maximum Gasteiger partial charge on any atom is 0.407 e. The minimum Gasteiger partial charge on any atom is -0.480 e. The zero-order valence-corrected chi connectivity index (χ0v) is 22.1. The van der Waals surface area contributed by atoms with Gasteiger partial charge in [-0.05, 0) is 34.7 Å². The van der Waals surface area contributed by atoms with Crippen LogP contribution >= 0.6 is 0 Å². The maximum absolute atomic E-state index is 13.6. The predicted octanol–water partition coefficient (Wildman–Crippen LogP) is 3.55. The Morgan fingerprint density at radius 1 is 0.950 bits per heavy atom. The second-order valence-electron chi connectivity index (χ2n) is 10.2. The van der Waals surface area contributed by atoms with E-state index in [0.29, 0.717) is 0 Å². The number of hydrogen-bond donors (Lipinski definition) is 3. The van der Waals surface area contributed by atoms with Gasteiger partial charge in [-0.1, -0.05) is 78.9 Å². The molecule has 1 saturated heterocycles. The molecule has 1 aliphatic heterocycles. The molecule has 2 aliphatic rings. The van der Waals surface area contributed by atoms with E-state index in [1.54, 1.807) is 6.92 Å². The van der Waals surface area contributed by atoms with E-state index in [1.807, 2.05) is 78.9 Å². The molecular weight excluding hydrogens is 512 g/mol. The molecule has 40 heavy (non-hydrogen) atoms. The molecule has 2 amide bonds. The molecule has 5 rings (SSSR count). The van der Waals surface area contributed by atoms with E-state index in [9.17, 15) is 24.6 Å². The van der Waals surface area contributed by atoms with Crippen LogP contribution in [-0.4, -0.2) is 70.5 Å². The fourth-order valence-corrected chi connectivity index (χ4v) is 5.52. The van der Waals surface area contributed by atoms with Crippen LogP contribution in [0.25, 0.3) is 11.1 Å². The third-order valence-corrected chi connectivity index (χ3v) is 7.56. The van der Waals surface area contributed by atoms with Gasteiger partial charge in [-0.3, -0.25) is 4.79 Å². The molecule has 3 aromatic rings. The lowest BCUT2D eigenvalue weighted by Gasteiger charge is -2.30. The highest BCUT2D eigenvalue weighted by atomic mass is 16.5. The highest BCUT2D eigenvalue weighted by Crippen LogP contribution is 2.44. The number of aliphatic hydroxyl groups excluding tert-OH is 1. The van der Waals surface area contributed by atoms with E-state index in [4.69, 9.17) is 9.47 Å². The van der Waals surface area contributed by atoms with Crippen molar-refractivity contribution in [3.8, 4) is 11.1 Å². The number of benzene rings is 3. The summed E-state index contributed by atoms with van der Waals surface area (Å²) in [6.07, 6.45) is -2.69. The number of aliphatic hydroxyl groups is 1. The zero-order chi connectivity index (χ0) is 28.2. The van der Waals surface area contributed by atoms with Crippen LogP contribution in [0.2, 0.25) is 0 Å². The number of carboxylic acids is 1. The summed E-state index contributed by atoms with van der Waals surface area (Å²) in [6.45, 7) is 1.73. The Kier molecular flexibility index (Phi) is 8.14. The van der Waals surface area contributed by atoms with Crippen LogP contribution in [0.5, 0.6) is 0 Å². The summed E-state index contributed by atoms with van der Waals surface area (Å²) in [7, 11) is 0. The molecule has 3 aromatic carbocycles. The minimum absolute atomic E-state index is 0.0558. The summed E-state index contributed by atoms with van der Waals surface area (Å²) in [6, 6.07) is 22.9. The molecule has 1 heterocycles. The predicted molar refractivity (Wildman–Crippen MR) is 146 cm³/mol. The van der Waals surface area contributed by atoms with Gasteiger partial charge in [0.2, 0.25) is 5.91 Å². The average Bonchev–Trinajstić information content (AvgIpc) is 3.52. The van der Waals surface area contributed by atoms with Gasteiger partial charge < -0.3 is 29.9 Å². The van der Waals surface area contributed by atoms with Crippen LogP contribution in [-0.2, 0) is 25.7 Å². The fraction of sp³-hybridized carbons (Fsp3) is 0.323. The Bertz CT molecular complexity index is 1330. The molecule has 0 saturated carbocycles. The molecule has 208 valence electrons. The quantitative estimate of drug-likeness (QED) is 0.376. The first-order valence-corrected chi connectivity index (χ1v) is 13.3. The van der Waals surface area contributed by atoms with E-state index in [1.165, 1.54) is 0 Å². The van der Waals surface area contributed by atoms with Crippen LogP contribution in [0, 0.1) is 0 Å². The van der Waals surface area contributed by atoms with Gasteiger partial charge in [-0.15, -0.1) is 0 Å². The van der Waals surface area contributed by atoms with Crippen LogP contribution in [0.3, 0.4) is 0 Å². The largest absolute Gasteiger partial charge is 0.480 e. The topological polar surface area (TPSA) is 125 Å². The first-order valence-electron chi connectivity index (χ1n) is 13.3. The van der Waals surface area contributed by atoms with Crippen LogP contribution in [0.15, 0.2) is 78.9 Å². The van der Waals surface area contributed by atoms with E-state index in [0.717, 1.165) is 32.7 Å². The molecule has 9 heteroatoms. The van der Waals surface area contributed by atoms with E-state index in [2.05, 4.69) is 5.32 Å². The number of fused-ring (bicyclic) bond motifs is 3. The van der Waals surface area contributed by atoms with Crippen molar-refractivity contribution in [3.05, 3.63) is 95.6 Å². The molecule has 1 fully saturated rings. The third-order valence-electron chi connectivity index (χ3n) is 7.56. The smallest absolute Gasteiger partial charge is 0.407 e. The van der Waals surface area contributed by atoms with E-state index in [-0.39, 0.29) is 32.1 Å². The standard InChI is InChI=1S/C31H32N2O7/c1-19(39-17-20-9-3-2-4-10-20)28(29(35)33-16-21(34)15-27(33)30(36)37)32-31(38)40-18-26-24-13-7-5-11-22(24)23-12-6-8-14-25(23)26/h2-14,19,21,26-28,34H,15-18H2,1H3,(H,32,38)(H,36,37)/t19-,21?,27?,28+/m0/s1. The lowest BCUT2D eigenvalue weighted by Crippen LogP contribution is -2.56. The number of β-amino-alcohol motifs (C(OH)–C–C–N with tert-alkyl or cyclic N) is 1. The summed E-state index contributed by atoms with van der Waals surface area (Å²) in [5.41, 5.74) is 5.17. The summed E-state index contributed by atoms with van der Waals surface area (Å²) in [5.74, 6) is -2.04. The summed E-state index contributed by atoms with van der Waals surface area (Å²) in [4.78, 5) is 39.5. The van der Waals surface area contributed by atoms with Crippen molar-refractivity contribution in [2.45, 2.75) is 50.2 Å². The summed E-state index contributed by atoms with van der Waals surface area (Å²) >= 11 is 0. The summed E-state index contributed by atoms with van der Waals surface area (Å²) in [5, 5.41) is 22.3. The van der Waals surface area contributed by atoms with Gasteiger partial charge in [0, 0.05) is 18.9 Å².